The summed E-state index contributed by atoms with van der Waals surface area (Å²) in [6.45, 7) is 7.20. The van der Waals surface area contributed by atoms with Gasteiger partial charge in [0.1, 0.15) is 0 Å². The fraction of sp³-hybridized carbons (Fsp3) is 0.600. The molecule has 108 valence electrons. The summed E-state index contributed by atoms with van der Waals surface area (Å²) in [7, 11) is 3.40. The van der Waals surface area contributed by atoms with Crippen molar-refractivity contribution in [3.05, 3.63) is 23.8 Å². The second-order valence-electron chi connectivity index (χ2n) is 4.57. The third-order valence-corrected chi connectivity index (χ3v) is 2.82. The van der Waals surface area contributed by atoms with E-state index in [1.165, 1.54) is 0 Å². The predicted molar refractivity (Wildman–Crippen MR) is 76.9 cm³/mol. The van der Waals surface area contributed by atoms with Crippen LogP contribution in [-0.4, -0.2) is 34.0 Å². The monoisotopic (exact) mass is 267 g/mol. The number of nitrogens with one attached hydrogen (secondary N) is 1. The van der Waals surface area contributed by atoms with E-state index >= 15 is 0 Å². The van der Waals surface area contributed by atoms with Crippen LogP contribution in [0.3, 0.4) is 0 Å². The molecule has 0 saturated carbocycles. The summed E-state index contributed by atoms with van der Waals surface area (Å²) >= 11 is 0. The molecule has 1 rings (SSSR count). The summed E-state index contributed by atoms with van der Waals surface area (Å²) < 4.78 is 16.1. The van der Waals surface area contributed by atoms with Crippen LogP contribution in [-0.2, 0) is 11.3 Å². The number of ether oxygens (including phenoxy) is 3. The van der Waals surface area contributed by atoms with Crippen LogP contribution in [0, 0.1) is 5.92 Å². The Morgan fingerprint density at radius 2 is 2.05 bits per heavy atom. The minimum Gasteiger partial charge on any atom is -0.493 e. The molecule has 0 aliphatic heterocycles. The Morgan fingerprint density at radius 1 is 1.26 bits per heavy atom. The van der Waals surface area contributed by atoms with Gasteiger partial charge in [-0.15, -0.1) is 0 Å². The quantitative estimate of drug-likeness (QED) is 0.746. The molecular weight excluding hydrogens is 242 g/mol. The molecule has 4 heteroatoms. The van der Waals surface area contributed by atoms with Crippen LogP contribution >= 0.6 is 0 Å². The molecule has 19 heavy (non-hydrogen) atoms. The molecule has 0 spiro atoms. The molecule has 0 radical (unpaired) electrons. The summed E-state index contributed by atoms with van der Waals surface area (Å²) in [6.07, 6.45) is 0. The van der Waals surface area contributed by atoms with Crippen LogP contribution in [0.1, 0.15) is 19.4 Å². The zero-order chi connectivity index (χ0) is 14.1. The Labute approximate surface area is 116 Å². The smallest absolute Gasteiger partial charge is 0.165 e. The number of rotatable bonds is 9. The number of benzene rings is 1. The first-order valence-corrected chi connectivity index (χ1v) is 6.71. The van der Waals surface area contributed by atoms with Crippen LogP contribution in [0.4, 0.5) is 0 Å². The minimum atomic E-state index is 0.492. The molecular formula is C15H25NO3. The van der Waals surface area contributed by atoms with Gasteiger partial charge in [-0.2, -0.15) is 0 Å². The lowest BCUT2D eigenvalue weighted by Crippen LogP contribution is -2.23. The van der Waals surface area contributed by atoms with Crippen LogP contribution < -0.4 is 14.8 Å². The summed E-state index contributed by atoms with van der Waals surface area (Å²) in [5.41, 5.74) is 1.11. The average Bonchev–Trinajstić information content (AvgIpc) is 2.40. The molecule has 0 bridgehead atoms. The maximum atomic E-state index is 5.56. The van der Waals surface area contributed by atoms with E-state index in [0.29, 0.717) is 12.5 Å². The standard InChI is InChI=1S/C15H25NO3/c1-5-19-14-8-6-7-13(15(14)18-4)10-16-9-12(2)11-17-3/h6-8,12,16H,5,9-11H2,1-4H3. The second kappa shape index (κ2) is 8.77. The normalized spacial score (nSPS) is 12.2. The van der Waals surface area contributed by atoms with E-state index in [4.69, 9.17) is 14.2 Å². The zero-order valence-electron chi connectivity index (χ0n) is 12.4. The van der Waals surface area contributed by atoms with Crippen molar-refractivity contribution >= 4 is 0 Å². The van der Waals surface area contributed by atoms with E-state index in [1.807, 2.05) is 19.1 Å². The Balaban J connectivity index is 2.59. The molecule has 0 heterocycles. The second-order valence-corrected chi connectivity index (χ2v) is 4.57. The SMILES string of the molecule is CCOc1cccc(CNCC(C)COC)c1OC. The molecule has 0 aliphatic rings. The number of methoxy groups -OCH3 is 2. The summed E-state index contributed by atoms with van der Waals surface area (Å²) in [5.74, 6) is 2.11. The molecule has 0 amide bonds. The first kappa shape index (κ1) is 15.8. The third kappa shape index (κ3) is 5.09. The molecule has 0 aliphatic carbocycles. The molecule has 1 N–H and O–H groups in total. The van der Waals surface area contributed by atoms with Gasteiger partial charge in [-0.3, -0.25) is 0 Å². The van der Waals surface area contributed by atoms with E-state index in [-0.39, 0.29) is 0 Å². The van der Waals surface area contributed by atoms with Crippen molar-refractivity contribution in [3.63, 3.8) is 0 Å². The summed E-state index contributed by atoms with van der Waals surface area (Å²) in [6, 6.07) is 5.97. The maximum Gasteiger partial charge on any atom is 0.165 e. The lowest BCUT2D eigenvalue weighted by molar-refractivity contribution is 0.158. The molecule has 1 atom stereocenters. The molecule has 1 aromatic carbocycles. The highest BCUT2D eigenvalue weighted by atomic mass is 16.5. The summed E-state index contributed by atoms with van der Waals surface area (Å²) in [4.78, 5) is 0. The molecule has 0 aromatic heterocycles. The van der Waals surface area contributed by atoms with Crippen LogP contribution in [0.5, 0.6) is 11.5 Å². The fourth-order valence-electron chi connectivity index (χ4n) is 2.00. The Hall–Kier alpha value is -1.26. The lowest BCUT2D eigenvalue weighted by Gasteiger charge is -2.15. The van der Waals surface area contributed by atoms with Gasteiger partial charge in [0, 0.05) is 32.4 Å². The molecule has 0 fully saturated rings. The van der Waals surface area contributed by atoms with Crippen molar-refractivity contribution in [1.29, 1.82) is 0 Å². The van der Waals surface area contributed by atoms with Crippen LogP contribution in [0.25, 0.3) is 0 Å². The Kier molecular flexibility index (Phi) is 7.30. The van der Waals surface area contributed by atoms with Gasteiger partial charge in [-0.1, -0.05) is 19.1 Å². The van der Waals surface area contributed by atoms with E-state index in [0.717, 1.165) is 36.8 Å². The van der Waals surface area contributed by atoms with Crippen LogP contribution in [0.15, 0.2) is 18.2 Å². The van der Waals surface area contributed by atoms with Crippen molar-refractivity contribution in [3.8, 4) is 11.5 Å². The molecule has 4 nitrogen and oxygen atoms in total. The van der Waals surface area contributed by atoms with E-state index in [9.17, 15) is 0 Å². The molecule has 0 saturated heterocycles. The topological polar surface area (TPSA) is 39.7 Å². The summed E-state index contributed by atoms with van der Waals surface area (Å²) in [5, 5.41) is 3.41. The van der Waals surface area contributed by atoms with Crippen molar-refractivity contribution in [1.82, 2.24) is 5.32 Å². The first-order chi connectivity index (χ1) is 9.22. The maximum absolute atomic E-state index is 5.56. The third-order valence-electron chi connectivity index (χ3n) is 2.82. The number of hydrogen-bond acceptors (Lipinski definition) is 4. The van der Waals surface area contributed by atoms with Gasteiger partial charge >= 0.3 is 0 Å². The lowest BCUT2D eigenvalue weighted by atomic mass is 10.1. The number of hydrogen-bond donors (Lipinski definition) is 1. The Bertz CT molecular complexity index is 368. The minimum absolute atomic E-state index is 0.492. The average molecular weight is 267 g/mol. The largest absolute Gasteiger partial charge is 0.493 e. The highest BCUT2D eigenvalue weighted by Crippen LogP contribution is 2.30. The number of para-hydroxylation sites is 1. The van der Waals surface area contributed by atoms with Gasteiger partial charge in [0.25, 0.3) is 0 Å². The van der Waals surface area contributed by atoms with Gasteiger partial charge in [0.2, 0.25) is 0 Å². The van der Waals surface area contributed by atoms with E-state index < -0.39 is 0 Å². The molecule has 1 aromatic rings. The van der Waals surface area contributed by atoms with Gasteiger partial charge in [0.15, 0.2) is 11.5 Å². The fourth-order valence-corrected chi connectivity index (χ4v) is 2.00. The predicted octanol–water partition coefficient (Wildman–Crippen LogP) is 2.47. The van der Waals surface area contributed by atoms with Gasteiger partial charge in [0.05, 0.1) is 13.7 Å². The highest BCUT2D eigenvalue weighted by Gasteiger charge is 2.10. The molecule has 1 unspecified atom stereocenters. The zero-order valence-corrected chi connectivity index (χ0v) is 12.4. The van der Waals surface area contributed by atoms with E-state index in [2.05, 4.69) is 18.3 Å². The Morgan fingerprint density at radius 3 is 2.68 bits per heavy atom. The van der Waals surface area contributed by atoms with E-state index in [1.54, 1.807) is 14.2 Å². The van der Waals surface area contributed by atoms with Gasteiger partial charge in [-0.05, 0) is 18.9 Å². The van der Waals surface area contributed by atoms with Crippen LogP contribution in [0.2, 0.25) is 0 Å². The van der Waals surface area contributed by atoms with Gasteiger partial charge in [-0.25, -0.2) is 0 Å². The first-order valence-electron chi connectivity index (χ1n) is 6.71. The highest BCUT2D eigenvalue weighted by molar-refractivity contribution is 5.46. The van der Waals surface area contributed by atoms with Crippen molar-refractivity contribution < 1.29 is 14.2 Å². The van der Waals surface area contributed by atoms with Crippen molar-refractivity contribution in [2.45, 2.75) is 20.4 Å². The van der Waals surface area contributed by atoms with Crippen molar-refractivity contribution in [2.75, 3.05) is 34.0 Å². The van der Waals surface area contributed by atoms with Crippen molar-refractivity contribution in [2.24, 2.45) is 5.92 Å². The van der Waals surface area contributed by atoms with Gasteiger partial charge < -0.3 is 19.5 Å².